The van der Waals surface area contributed by atoms with E-state index in [1.165, 1.54) is 6.26 Å². The van der Waals surface area contributed by atoms with Gasteiger partial charge in [0.25, 0.3) is 5.91 Å². The molecule has 0 saturated carbocycles. The highest BCUT2D eigenvalue weighted by Crippen LogP contribution is 2.04. The van der Waals surface area contributed by atoms with Gasteiger partial charge in [-0.3, -0.25) is 9.59 Å². The maximum Gasteiger partial charge on any atom is 0.286 e. The minimum atomic E-state index is -0.570. The summed E-state index contributed by atoms with van der Waals surface area (Å²) in [7, 11) is 0. The molecule has 1 unspecified atom stereocenters. The Morgan fingerprint density at radius 2 is 2.10 bits per heavy atom. The van der Waals surface area contributed by atoms with Crippen molar-refractivity contribution < 1.29 is 19.1 Å². The van der Waals surface area contributed by atoms with Crippen LogP contribution in [0.4, 0.5) is 0 Å². The maximum absolute atomic E-state index is 12.0. The highest BCUT2D eigenvalue weighted by molar-refractivity contribution is 5.91. The van der Waals surface area contributed by atoms with Crippen molar-refractivity contribution in [1.29, 1.82) is 0 Å². The summed E-state index contributed by atoms with van der Waals surface area (Å²) in [6, 6.07) is 3.20. The van der Waals surface area contributed by atoms with Gasteiger partial charge in [0.1, 0.15) is 0 Å². The Morgan fingerprint density at radius 1 is 1.40 bits per heavy atom. The van der Waals surface area contributed by atoms with Gasteiger partial charge in [0.05, 0.1) is 12.4 Å². The molecule has 0 radical (unpaired) electrons. The van der Waals surface area contributed by atoms with Gasteiger partial charge in [-0.05, 0) is 32.9 Å². The number of nitrogens with zero attached hydrogens (tertiary/aromatic N) is 1. The van der Waals surface area contributed by atoms with Crippen LogP contribution in [0.1, 0.15) is 37.7 Å². The number of aliphatic hydroxyl groups is 1. The second-order valence-corrected chi connectivity index (χ2v) is 4.97. The fourth-order valence-electron chi connectivity index (χ4n) is 1.81. The van der Waals surface area contributed by atoms with E-state index in [2.05, 4.69) is 5.32 Å². The zero-order chi connectivity index (χ0) is 15.1. The van der Waals surface area contributed by atoms with Crippen LogP contribution in [0.3, 0.4) is 0 Å². The molecule has 1 atom stereocenters. The molecule has 2 N–H and O–H groups in total. The Balaban J connectivity index is 2.39. The summed E-state index contributed by atoms with van der Waals surface area (Å²) in [5, 5.41) is 12.0. The van der Waals surface area contributed by atoms with Gasteiger partial charge in [-0.2, -0.15) is 0 Å². The number of hydrogen-bond acceptors (Lipinski definition) is 4. The van der Waals surface area contributed by atoms with E-state index in [0.29, 0.717) is 6.54 Å². The van der Waals surface area contributed by atoms with E-state index in [9.17, 15) is 14.7 Å². The number of furan rings is 1. The number of amides is 2. The molecular formula is C14H22N2O4. The molecule has 0 fully saturated rings. The first-order valence-corrected chi connectivity index (χ1v) is 6.71. The quantitative estimate of drug-likeness (QED) is 0.782. The largest absolute Gasteiger partial charge is 0.459 e. The number of aliphatic hydroxyl groups excluding tert-OH is 1. The van der Waals surface area contributed by atoms with Crippen LogP contribution in [0.5, 0.6) is 0 Å². The van der Waals surface area contributed by atoms with Crippen molar-refractivity contribution in [2.45, 2.75) is 39.3 Å². The molecule has 1 aromatic heterocycles. The van der Waals surface area contributed by atoms with E-state index < -0.39 is 6.10 Å². The van der Waals surface area contributed by atoms with E-state index >= 15 is 0 Å². The zero-order valence-electron chi connectivity index (χ0n) is 12.1. The molecule has 0 saturated heterocycles. The molecule has 0 aliphatic rings. The Labute approximate surface area is 118 Å². The van der Waals surface area contributed by atoms with Crippen LogP contribution >= 0.6 is 0 Å². The standard InChI is InChI=1S/C14H22N2O4/c1-10(2)16(9-11(3)17)13(18)6-7-15-14(19)12-5-4-8-20-12/h4-5,8,10-11,17H,6-7,9H2,1-3H3,(H,15,19). The van der Waals surface area contributed by atoms with E-state index in [1.54, 1.807) is 24.0 Å². The molecule has 112 valence electrons. The van der Waals surface area contributed by atoms with Gasteiger partial charge in [0.15, 0.2) is 5.76 Å². The third-order valence-corrected chi connectivity index (χ3v) is 2.77. The molecule has 1 rings (SSSR count). The lowest BCUT2D eigenvalue weighted by atomic mass is 10.2. The first-order valence-electron chi connectivity index (χ1n) is 6.71. The molecule has 0 aromatic carbocycles. The van der Waals surface area contributed by atoms with Crippen molar-refractivity contribution in [1.82, 2.24) is 10.2 Å². The molecule has 6 heteroatoms. The molecule has 2 amide bonds. The molecule has 20 heavy (non-hydrogen) atoms. The third-order valence-electron chi connectivity index (χ3n) is 2.77. The maximum atomic E-state index is 12.0. The van der Waals surface area contributed by atoms with Crippen molar-refractivity contribution in [2.24, 2.45) is 0 Å². The van der Waals surface area contributed by atoms with Gasteiger partial charge in [0, 0.05) is 25.6 Å². The molecule has 0 aliphatic heterocycles. The van der Waals surface area contributed by atoms with Crippen LogP contribution in [-0.4, -0.2) is 47.1 Å². The highest BCUT2D eigenvalue weighted by atomic mass is 16.3. The fourth-order valence-corrected chi connectivity index (χ4v) is 1.81. The van der Waals surface area contributed by atoms with Crippen molar-refractivity contribution in [3.63, 3.8) is 0 Å². The van der Waals surface area contributed by atoms with Gasteiger partial charge in [-0.15, -0.1) is 0 Å². The fraction of sp³-hybridized carbons (Fsp3) is 0.571. The van der Waals surface area contributed by atoms with Gasteiger partial charge >= 0.3 is 0 Å². The molecule has 1 aromatic rings. The molecular weight excluding hydrogens is 260 g/mol. The van der Waals surface area contributed by atoms with E-state index in [-0.39, 0.29) is 36.6 Å². The highest BCUT2D eigenvalue weighted by Gasteiger charge is 2.18. The Hall–Kier alpha value is -1.82. The molecule has 0 spiro atoms. The van der Waals surface area contributed by atoms with Gasteiger partial charge in [-0.1, -0.05) is 0 Å². The lowest BCUT2D eigenvalue weighted by Gasteiger charge is -2.28. The Morgan fingerprint density at radius 3 is 2.60 bits per heavy atom. The first-order chi connectivity index (χ1) is 9.41. The summed E-state index contributed by atoms with van der Waals surface area (Å²) in [4.78, 5) is 25.2. The van der Waals surface area contributed by atoms with Crippen LogP contribution in [-0.2, 0) is 4.79 Å². The second kappa shape index (κ2) is 7.69. The topological polar surface area (TPSA) is 82.8 Å². The Bertz CT molecular complexity index is 426. The summed E-state index contributed by atoms with van der Waals surface area (Å²) in [5.74, 6) is -0.211. The number of carbonyl (C=O) groups excluding carboxylic acids is 2. The number of hydrogen-bond donors (Lipinski definition) is 2. The average Bonchev–Trinajstić information content (AvgIpc) is 2.88. The summed E-state index contributed by atoms with van der Waals surface area (Å²) in [6.45, 7) is 5.95. The first kappa shape index (κ1) is 16.2. The smallest absolute Gasteiger partial charge is 0.286 e. The summed E-state index contributed by atoms with van der Waals surface area (Å²) in [5.41, 5.74) is 0. The van der Waals surface area contributed by atoms with Crippen LogP contribution in [0.25, 0.3) is 0 Å². The van der Waals surface area contributed by atoms with E-state index in [1.807, 2.05) is 13.8 Å². The SMILES string of the molecule is CC(O)CN(C(=O)CCNC(=O)c1ccco1)C(C)C. The summed E-state index contributed by atoms with van der Waals surface area (Å²) >= 11 is 0. The van der Waals surface area contributed by atoms with Gasteiger partial charge in [-0.25, -0.2) is 0 Å². The monoisotopic (exact) mass is 282 g/mol. The summed E-state index contributed by atoms with van der Waals surface area (Å²) in [6.07, 6.45) is 1.04. The molecule has 6 nitrogen and oxygen atoms in total. The zero-order valence-corrected chi connectivity index (χ0v) is 12.1. The van der Waals surface area contributed by atoms with Crippen molar-refractivity contribution in [3.8, 4) is 0 Å². The van der Waals surface area contributed by atoms with Gasteiger partial charge < -0.3 is 19.7 Å². The lowest BCUT2D eigenvalue weighted by molar-refractivity contribution is -0.134. The van der Waals surface area contributed by atoms with Gasteiger partial charge in [0.2, 0.25) is 5.91 Å². The molecule has 0 aliphatic carbocycles. The minimum Gasteiger partial charge on any atom is -0.459 e. The summed E-state index contributed by atoms with van der Waals surface area (Å²) < 4.78 is 4.95. The van der Waals surface area contributed by atoms with Crippen LogP contribution in [0.15, 0.2) is 22.8 Å². The predicted octanol–water partition coefficient (Wildman–Crippen LogP) is 1.02. The van der Waals surface area contributed by atoms with E-state index in [4.69, 9.17) is 4.42 Å². The minimum absolute atomic E-state index is 0.0119. The van der Waals surface area contributed by atoms with Crippen molar-refractivity contribution in [3.05, 3.63) is 24.2 Å². The predicted molar refractivity (Wildman–Crippen MR) is 74.2 cm³/mol. The molecule has 0 bridgehead atoms. The average molecular weight is 282 g/mol. The van der Waals surface area contributed by atoms with Crippen LogP contribution < -0.4 is 5.32 Å². The number of nitrogens with one attached hydrogen (secondary N) is 1. The Kier molecular flexibility index (Phi) is 6.24. The van der Waals surface area contributed by atoms with Crippen molar-refractivity contribution in [2.75, 3.05) is 13.1 Å². The van der Waals surface area contributed by atoms with Crippen LogP contribution in [0.2, 0.25) is 0 Å². The molecule has 1 heterocycles. The van der Waals surface area contributed by atoms with Crippen molar-refractivity contribution >= 4 is 11.8 Å². The third kappa shape index (κ3) is 5.05. The lowest BCUT2D eigenvalue weighted by Crippen LogP contribution is -2.42. The van der Waals surface area contributed by atoms with E-state index in [0.717, 1.165) is 0 Å². The van der Waals surface area contributed by atoms with Crippen LogP contribution in [0, 0.1) is 0 Å². The number of rotatable bonds is 7. The number of carbonyl (C=O) groups is 2. The second-order valence-electron chi connectivity index (χ2n) is 4.97. The normalized spacial score (nSPS) is 12.2.